The van der Waals surface area contributed by atoms with Crippen molar-refractivity contribution in [3.8, 4) is 22.4 Å². The monoisotopic (exact) mass is 505 g/mol. The fourth-order valence-electron chi connectivity index (χ4n) is 2.35. The molecule has 0 fully saturated rings. The molecule has 2 heterocycles. The molecule has 7 heteroatoms. The molecule has 0 aliphatic carbocycles. The van der Waals surface area contributed by atoms with Crippen LogP contribution in [0, 0.1) is 11.6 Å². The Kier molecular flexibility index (Phi) is 5.49. The summed E-state index contributed by atoms with van der Waals surface area (Å²) in [7, 11) is 0. The minimum absolute atomic E-state index is 0. The van der Waals surface area contributed by atoms with Crippen molar-refractivity contribution in [1.29, 1.82) is 0 Å². The Labute approximate surface area is 149 Å². The molecule has 0 aliphatic rings. The molecular formula is C17H10F2IrN2O2+3. The third-order valence-electron chi connectivity index (χ3n) is 3.28. The molecule has 0 unspecified atom stereocenters. The van der Waals surface area contributed by atoms with Crippen LogP contribution >= 0.6 is 0 Å². The van der Waals surface area contributed by atoms with Gasteiger partial charge in [-0.2, -0.15) is 0 Å². The van der Waals surface area contributed by atoms with E-state index in [1.54, 1.807) is 18.2 Å². The number of hydrogen-bond donors (Lipinski definition) is 1. The van der Waals surface area contributed by atoms with Crippen molar-refractivity contribution in [2.75, 3.05) is 0 Å². The van der Waals surface area contributed by atoms with Crippen molar-refractivity contribution >= 4 is 5.97 Å². The van der Waals surface area contributed by atoms with Gasteiger partial charge in [0.05, 0.1) is 5.69 Å². The predicted octanol–water partition coefficient (Wildman–Crippen LogP) is 3.78. The van der Waals surface area contributed by atoms with Crippen molar-refractivity contribution in [2.45, 2.75) is 0 Å². The number of rotatable bonds is 3. The number of hydrogen-bond acceptors (Lipinski definition) is 3. The summed E-state index contributed by atoms with van der Waals surface area (Å²) in [6.07, 6.45) is 2.78. The second-order valence-corrected chi connectivity index (χ2v) is 4.73. The van der Waals surface area contributed by atoms with Gasteiger partial charge in [0.25, 0.3) is 0 Å². The first-order chi connectivity index (χ1) is 11.1. The largest absolute Gasteiger partial charge is 3.00 e. The van der Waals surface area contributed by atoms with E-state index in [0.717, 1.165) is 12.1 Å². The van der Waals surface area contributed by atoms with Crippen LogP contribution in [0.3, 0.4) is 0 Å². The standard InChI is InChI=1S/C17H10F2N2O2.Ir/c18-10-8-12(11-4-3-7-21-16(11)17(22)23)15(13(19)9-10)14-5-1-2-6-20-14;/h1-9H,(H,22,23);/q;+3. The van der Waals surface area contributed by atoms with E-state index in [-0.39, 0.29) is 48.2 Å². The van der Waals surface area contributed by atoms with E-state index < -0.39 is 17.6 Å². The minimum Gasteiger partial charge on any atom is -0.476 e. The summed E-state index contributed by atoms with van der Waals surface area (Å²) >= 11 is 0. The number of aromatic nitrogens is 2. The molecule has 0 radical (unpaired) electrons. The zero-order valence-electron chi connectivity index (χ0n) is 12.0. The van der Waals surface area contributed by atoms with Gasteiger partial charge in [-0.3, -0.25) is 4.98 Å². The number of carboxylic acid groups (broad SMARTS) is 1. The van der Waals surface area contributed by atoms with Crippen LogP contribution in [0.4, 0.5) is 8.78 Å². The van der Waals surface area contributed by atoms with Crippen LogP contribution in [-0.2, 0) is 20.1 Å². The Morgan fingerprint density at radius 3 is 2.38 bits per heavy atom. The van der Waals surface area contributed by atoms with Gasteiger partial charge in [0.1, 0.15) is 11.6 Å². The summed E-state index contributed by atoms with van der Waals surface area (Å²) in [5.74, 6) is -2.91. The summed E-state index contributed by atoms with van der Waals surface area (Å²) in [6.45, 7) is 0. The van der Waals surface area contributed by atoms with Gasteiger partial charge in [0.2, 0.25) is 0 Å². The first-order valence-electron chi connectivity index (χ1n) is 6.67. The third kappa shape index (κ3) is 3.37. The van der Waals surface area contributed by atoms with Crippen LogP contribution in [0.1, 0.15) is 10.5 Å². The van der Waals surface area contributed by atoms with Gasteiger partial charge in [-0.25, -0.2) is 18.6 Å². The Balaban J connectivity index is 0.00000208. The van der Waals surface area contributed by atoms with Gasteiger partial charge in [0, 0.05) is 29.6 Å². The zero-order chi connectivity index (χ0) is 16.4. The van der Waals surface area contributed by atoms with Gasteiger partial charge < -0.3 is 5.11 Å². The van der Waals surface area contributed by atoms with Crippen LogP contribution < -0.4 is 0 Å². The van der Waals surface area contributed by atoms with Crippen LogP contribution in [0.5, 0.6) is 0 Å². The molecule has 3 rings (SSSR count). The second kappa shape index (κ2) is 7.38. The molecule has 24 heavy (non-hydrogen) atoms. The van der Waals surface area contributed by atoms with Crippen molar-refractivity contribution < 1.29 is 38.8 Å². The van der Waals surface area contributed by atoms with Crippen LogP contribution in [0.15, 0.2) is 54.9 Å². The first kappa shape index (κ1) is 17.8. The summed E-state index contributed by atoms with van der Waals surface area (Å²) in [5.41, 5.74) is 0.239. The molecule has 0 aliphatic heterocycles. The average Bonchev–Trinajstić information content (AvgIpc) is 2.55. The van der Waals surface area contributed by atoms with Crippen LogP contribution in [0.25, 0.3) is 22.4 Å². The van der Waals surface area contributed by atoms with Crippen molar-refractivity contribution in [2.24, 2.45) is 0 Å². The first-order valence-corrected chi connectivity index (χ1v) is 6.67. The van der Waals surface area contributed by atoms with E-state index in [1.165, 1.54) is 24.5 Å². The molecule has 120 valence electrons. The molecule has 0 spiro atoms. The maximum Gasteiger partial charge on any atom is 3.00 e. The smallest absolute Gasteiger partial charge is 0.476 e. The molecule has 1 aromatic carbocycles. The summed E-state index contributed by atoms with van der Waals surface area (Å²) in [5, 5.41) is 9.26. The van der Waals surface area contributed by atoms with E-state index >= 15 is 0 Å². The predicted molar refractivity (Wildman–Crippen MR) is 79.8 cm³/mol. The summed E-state index contributed by atoms with van der Waals surface area (Å²) in [6, 6.07) is 9.68. The van der Waals surface area contributed by atoms with E-state index in [1.807, 2.05) is 0 Å². The zero-order valence-corrected chi connectivity index (χ0v) is 14.4. The number of pyridine rings is 2. The molecule has 3 aromatic rings. The van der Waals surface area contributed by atoms with Gasteiger partial charge in [-0.15, -0.1) is 0 Å². The van der Waals surface area contributed by atoms with Crippen LogP contribution in [0.2, 0.25) is 0 Å². The number of benzene rings is 1. The fraction of sp³-hybridized carbons (Fsp3) is 0. The molecule has 0 amide bonds. The van der Waals surface area contributed by atoms with Crippen molar-refractivity contribution in [1.82, 2.24) is 9.97 Å². The number of halogens is 2. The summed E-state index contributed by atoms with van der Waals surface area (Å²) in [4.78, 5) is 19.2. The quantitative estimate of drug-likeness (QED) is 0.590. The van der Waals surface area contributed by atoms with Crippen LogP contribution in [-0.4, -0.2) is 21.0 Å². The molecule has 4 nitrogen and oxygen atoms in total. The van der Waals surface area contributed by atoms with E-state index in [9.17, 15) is 18.7 Å². The molecule has 0 atom stereocenters. The maximum atomic E-state index is 14.4. The average molecular weight is 504 g/mol. The van der Waals surface area contributed by atoms with E-state index in [0.29, 0.717) is 0 Å². The maximum absolute atomic E-state index is 14.4. The van der Waals surface area contributed by atoms with E-state index in [4.69, 9.17) is 0 Å². The SMILES string of the molecule is O=C(O)c1ncccc1-c1cc(F)cc(F)c1-c1ccccn1.[Ir+3]. The van der Waals surface area contributed by atoms with E-state index in [2.05, 4.69) is 9.97 Å². The third-order valence-corrected chi connectivity index (χ3v) is 3.28. The number of carboxylic acids is 1. The Bertz CT molecular complexity index is 889. The fourth-order valence-corrected chi connectivity index (χ4v) is 2.35. The summed E-state index contributed by atoms with van der Waals surface area (Å²) < 4.78 is 28.1. The van der Waals surface area contributed by atoms with Crippen molar-refractivity contribution in [3.05, 3.63) is 72.2 Å². The van der Waals surface area contributed by atoms with Gasteiger partial charge in [0.15, 0.2) is 5.69 Å². The van der Waals surface area contributed by atoms with Gasteiger partial charge in [-0.1, -0.05) is 12.1 Å². The Hall–Kier alpha value is -2.50. The van der Waals surface area contributed by atoms with Crippen molar-refractivity contribution in [3.63, 3.8) is 0 Å². The molecule has 0 saturated heterocycles. The number of nitrogens with zero attached hydrogens (tertiary/aromatic N) is 2. The van der Waals surface area contributed by atoms with Gasteiger partial charge in [-0.05, 0) is 29.8 Å². The Morgan fingerprint density at radius 1 is 0.958 bits per heavy atom. The van der Waals surface area contributed by atoms with Gasteiger partial charge >= 0.3 is 26.1 Å². The molecule has 1 N–H and O–H groups in total. The number of aromatic carboxylic acids is 1. The molecule has 2 aromatic heterocycles. The molecule has 0 saturated carbocycles. The topological polar surface area (TPSA) is 63.1 Å². The Morgan fingerprint density at radius 2 is 1.71 bits per heavy atom. The normalized spacial score (nSPS) is 10.1. The molecular weight excluding hydrogens is 494 g/mol. The second-order valence-electron chi connectivity index (χ2n) is 4.73. The minimum atomic E-state index is -1.28. The molecule has 0 bridgehead atoms. The number of carbonyl (C=O) groups is 1.